The number of benzene rings is 1. The summed E-state index contributed by atoms with van der Waals surface area (Å²) in [7, 11) is 2.01. The fourth-order valence-corrected chi connectivity index (χ4v) is 3.70. The smallest absolute Gasteiger partial charge is 0.341 e. The second-order valence-corrected chi connectivity index (χ2v) is 6.94. The van der Waals surface area contributed by atoms with E-state index in [1.807, 2.05) is 32.2 Å². The van der Waals surface area contributed by atoms with E-state index in [4.69, 9.17) is 0 Å². The van der Waals surface area contributed by atoms with E-state index in [1.54, 1.807) is 0 Å². The van der Waals surface area contributed by atoms with E-state index in [0.717, 1.165) is 53.1 Å². The number of nitrogens with one attached hydrogen (secondary N) is 2. The third-order valence-electron chi connectivity index (χ3n) is 5.21. The molecule has 0 saturated heterocycles. The predicted octanol–water partition coefficient (Wildman–Crippen LogP) is 2.96. The Balaban J connectivity index is 0.00000240. The third kappa shape index (κ3) is 3.65. The number of halogens is 1. The summed E-state index contributed by atoms with van der Waals surface area (Å²) in [5.41, 5.74) is 3.59. The van der Waals surface area contributed by atoms with Gasteiger partial charge in [-0.05, 0) is 48.2 Å². The van der Waals surface area contributed by atoms with Crippen LogP contribution in [0.5, 0.6) is 0 Å². The molecule has 29 heavy (non-hydrogen) atoms. The average molecular weight is 415 g/mol. The van der Waals surface area contributed by atoms with Crippen LogP contribution >= 0.6 is 12.4 Å². The number of pyridine rings is 1. The van der Waals surface area contributed by atoms with E-state index in [9.17, 15) is 14.7 Å². The van der Waals surface area contributed by atoms with Gasteiger partial charge in [-0.25, -0.2) is 4.79 Å². The Bertz CT molecular complexity index is 1180. The summed E-state index contributed by atoms with van der Waals surface area (Å²) >= 11 is 0. The van der Waals surface area contributed by atoms with E-state index < -0.39 is 11.5 Å². The molecule has 0 saturated carbocycles. The zero-order valence-corrected chi connectivity index (χ0v) is 17.1. The first kappa shape index (κ1) is 20.7. The number of nitrogens with zero attached hydrogens (tertiary/aromatic N) is 2. The van der Waals surface area contributed by atoms with E-state index in [-0.39, 0.29) is 18.0 Å². The first-order valence-corrected chi connectivity index (χ1v) is 9.37. The minimum absolute atomic E-state index is 0. The van der Waals surface area contributed by atoms with Gasteiger partial charge in [-0.2, -0.15) is 0 Å². The lowest BCUT2D eigenvalue weighted by Crippen LogP contribution is -2.31. The van der Waals surface area contributed by atoms with E-state index >= 15 is 0 Å². The molecule has 1 aromatic carbocycles. The topological polar surface area (TPSA) is 99.5 Å². The quantitative estimate of drug-likeness (QED) is 0.611. The lowest BCUT2D eigenvalue weighted by molar-refractivity contribution is 0.0695. The number of aliphatic imine (C=N–C) groups is 1. The molecule has 0 fully saturated rings. The van der Waals surface area contributed by atoms with Crippen molar-refractivity contribution in [2.45, 2.75) is 19.8 Å². The minimum atomic E-state index is -1.22. The molecule has 3 heterocycles. The first-order chi connectivity index (χ1) is 13.5. The number of aromatic amines is 1. The fraction of sp³-hybridized carbons (Fsp3) is 0.286. The van der Waals surface area contributed by atoms with Crippen molar-refractivity contribution in [3.05, 3.63) is 57.5 Å². The van der Waals surface area contributed by atoms with Gasteiger partial charge in [-0.1, -0.05) is 13.0 Å². The summed E-state index contributed by atoms with van der Waals surface area (Å²) in [5.74, 6) is -0.314. The number of aromatic nitrogens is 2. The fourth-order valence-electron chi connectivity index (χ4n) is 3.70. The van der Waals surface area contributed by atoms with Crippen molar-refractivity contribution in [1.29, 1.82) is 0 Å². The highest BCUT2D eigenvalue weighted by Gasteiger charge is 2.17. The number of aryl methyl sites for hydroxylation is 2. The predicted molar refractivity (Wildman–Crippen MR) is 117 cm³/mol. The van der Waals surface area contributed by atoms with Gasteiger partial charge in [0.05, 0.1) is 11.4 Å². The maximum atomic E-state index is 12.2. The Hall–Kier alpha value is -3.06. The number of hydrogen-bond donors (Lipinski definition) is 3. The Morgan fingerprint density at radius 3 is 2.72 bits per heavy atom. The first-order valence-electron chi connectivity index (χ1n) is 9.37. The number of carboxylic acids is 1. The second kappa shape index (κ2) is 8.13. The summed E-state index contributed by atoms with van der Waals surface area (Å²) in [5, 5.41) is 13.6. The molecule has 0 amide bonds. The van der Waals surface area contributed by atoms with Crippen molar-refractivity contribution >= 4 is 35.1 Å². The van der Waals surface area contributed by atoms with Gasteiger partial charge in [0.1, 0.15) is 11.4 Å². The van der Waals surface area contributed by atoms with Crippen LogP contribution in [0.25, 0.3) is 22.2 Å². The van der Waals surface area contributed by atoms with Crippen LogP contribution in [0.3, 0.4) is 0 Å². The highest BCUT2D eigenvalue weighted by atomic mass is 35.5. The summed E-state index contributed by atoms with van der Waals surface area (Å²) < 4.78 is 2.10. The lowest BCUT2D eigenvalue weighted by Gasteiger charge is -2.15. The lowest BCUT2D eigenvalue weighted by atomic mass is 10.0. The number of H-pyrrole nitrogens is 1. The van der Waals surface area contributed by atoms with Crippen LogP contribution in [0, 0.1) is 0 Å². The van der Waals surface area contributed by atoms with Crippen LogP contribution in [0.1, 0.15) is 35.0 Å². The van der Waals surface area contributed by atoms with Crippen LogP contribution in [0.15, 0.2) is 40.1 Å². The third-order valence-corrected chi connectivity index (χ3v) is 5.21. The Labute approximate surface area is 173 Å². The maximum Gasteiger partial charge on any atom is 0.341 e. The number of aromatic carboxylic acids is 1. The van der Waals surface area contributed by atoms with Gasteiger partial charge in [0, 0.05) is 31.0 Å². The van der Waals surface area contributed by atoms with Gasteiger partial charge in [0.2, 0.25) is 0 Å². The molecule has 0 atom stereocenters. The molecule has 4 rings (SSSR count). The van der Waals surface area contributed by atoms with Crippen molar-refractivity contribution in [2.75, 3.05) is 13.1 Å². The Morgan fingerprint density at radius 2 is 2.07 bits per heavy atom. The SMILES string of the molecule is CCc1cc(C(=O)O)c(=O)[nH]c1-c1ccc2c(c1)cc(C1=NCCCN1)n2C.Cl. The van der Waals surface area contributed by atoms with E-state index in [1.165, 1.54) is 6.07 Å². The molecule has 0 aliphatic carbocycles. The zero-order valence-electron chi connectivity index (χ0n) is 16.3. The highest BCUT2D eigenvalue weighted by Crippen LogP contribution is 2.28. The van der Waals surface area contributed by atoms with Crippen LogP contribution in [0.2, 0.25) is 0 Å². The summed E-state index contributed by atoms with van der Waals surface area (Å²) in [4.78, 5) is 30.8. The number of amidine groups is 1. The van der Waals surface area contributed by atoms with Crippen LogP contribution in [-0.4, -0.2) is 39.6 Å². The van der Waals surface area contributed by atoms with Crippen LogP contribution in [0.4, 0.5) is 0 Å². The zero-order chi connectivity index (χ0) is 19.8. The standard InChI is InChI=1S/C21H22N4O3.ClH/c1-3-12-10-15(21(27)28)20(26)24-18(12)13-5-6-16-14(9-13)11-17(25(16)2)19-22-7-4-8-23-19;/h5-6,9-11H,3-4,7-8H2,1-2H3,(H,22,23)(H,24,26)(H,27,28);1H. The Kier molecular flexibility index (Phi) is 5.79. The normalized spacial score (nSPS) is 13.5. The number of carboxylic acid groups (broad SMARTS) is 1. The highest BCUT2D eigenvalue weighted by molar-refractivity contribution is 6.03. The van der Waals surface area contributed by atoms with Crippen molar-refractivity contribution in [2.24, 2.45) is 12.0 Å². The molecule has 3 aromatic rings. The molecule has 0 bridgehead atoms. The molecule has 1 aliphatic rings. The van der Waals surface area contributed by atoms with Crippen LogP contribution in [-0.2, 0) is 13.5 Å². The molecule has 1 aliphatic heterocycles. The van der Waals surface area contributed by atoms with Gasteiger partial charge in [-0.3, -0.25) is 9.79 Å². The number of carbonyl (C=O) groups is 1. The monoisotopic (exact) mass is 414 g/mol. The Morgan fingerprint density at radius 1 is 1.28 bits per heavy atom. The van der Waals surface area contributed by atoms with Gasteiger partial charge in [0.25, 0.3) is 5.56 Å². The molecule has 152 valence electrons. The summed E-state index contributed by atoms with van der Waals surface area (Å²) in [6, 6.07) is 9.55. The largest absolute Gasteiger partial charge is 0.477 e. The van der Waals surface area contributed by atoms with Gasteiger partial charge in [0.15, 0.2) is 0 Å². The summed E-state index contributed by atoms with van der Waals surface area (Å²) in [6.45, 7) is 3.68. The van der Waals surface area contributed by atoms with Crippen molar-refractivity contribution in [3.8, 4) is 11.3 Å². The molecule has 2 aromatic heterocycles. The van der Waals surface area contributed by atoms with Gasteiger partial charge < -0.3 is 20.0 Å². The number of fused-ring (bicyclic) bond motifs is 1. The molecule has 8 heteroatoms. The second-order valence-electron chi connectivity index (χ2n) is 6.94. The average Bonchev–Trinajstić information content (AvgIpc) is 3.04. The maximum absolute atomic E-state index is 12.2. The van der Waals surface area contributed by atoms with Gasteiger partial charge in [-0.15, -0.1) is 12.4 Å². The minimum Gasteiger partial charge on any atom is -0.477 e. The number of hydrogen-bond acceptors (Lipinski definition) is 4. The molecule has 3 N–H and O–H groups in total. The van der Waals surface area contributed by atoms with Crippen LogP contribution < -0.4 is 10.9 Å². The molecule has 7 nitrogen and oxygen atoms in total. The molecule has 0 spiro atoms. The molecule has 0 unspecified atom stereocenters. The van der Waals surface area contributed by atoms with Gasteiger partial charge >= 0.3 is 5.97 Å². The number of rotatable bonds is 4. The van der Waals surface area contributed by atoms with Crippen molar-refractivity contribution < 1.29 is 9.90 Å². The molecular formula is C21H23ClN4O3. The van der Waals surface area contributed by atoms with Crippen molar-refractivity contribution in [3.63, 3.8) is 0 Å². The van der Waals surface area contributed by atoms with E-state index in [2.05, 4.69) is 25.9 Å². The van der Waals surface area contributed by atoms with E-state index in [0.29, 0.717) is 12.1 Å². The summed E-state index contributed by atoms with van der Waals surface area (Å²) in [6.07, 6.45) is 1.66. The molecular weight excluding hydrogens is 392 g/mol. The van der Waals surface area contributed by atoms with Crippen molar-refractivity contribution in [1.82, 2.24) is 14.9 Å². The molecule has 0 radical (unpaired) electrons.